The van der Waals surface area contributed by atoms with Gasteiger partial charge < -0.3 is 15.5 Å². The Morgan fingerprint density at radius 1 is 1.25 bits per heavy atom. The van der Waals surface area contributed by atoms with Gasteiger partial charge in [-0.3, -0.25) is 9.59 Å². The smallest absolute Gasteiger partial charge is 0.325 e. The summed E-state index contributed by atoms with van der Waals surface area (Å²) in [6, 6.07) is -0.953. The summed E-state index contributed by atoms with van der Waals surface area (Å²) in [6.45, 7) is 1.38. The maximum Gasteiger partial charge on any atom is 0.325 e. The first kappa shape index (κ1) is 13.0. The van der Waals surface area contributed by atoms with Crippen LogP contribution in [0.25, 0.3) is 0 Å². The third kappa shape index (κ3) is 3.48. The van der Waals surface area contributed by atoms with Crippen LogP contribution in [0.4, 0.5) is 0 Å². The SMILES string of the molecule is C[C@H](NC(=O)C(O)C1CCCCC1)C(=O)O. The molecule has 1 rings (SSSR count). The molecule has 0 heterocycles. The van der Waals surface area contributed by atoms with Crippen LogP contribution in [-0.2, 0) is 9.59 Å². The summed E-state index contributed by atoms with van der Waals surface area (Å²) in [5.41, 5.74) is 0. The van der Waals surface area contributed by atoms with E-state index in [-0.39, 0.29) is 5.92 Å². The minimum atomic E-state index is -1.09. The Kier molecular flexibility index (Phi) is 4.73. The lowest BCUT2D eigenvalue weighted by Crippen LogP contribution is -2.46. The van der Waals surface area contributed by atoms with Gasteiger partial charge in [-0.05, 0) is 25.7 Å². The van der Waals surface area contributed by atoms with Crippen molar-refractivity contribution < 1.29 is 19.8 Å². The Balaban J connectivity index is 2.43. The first-order valence-electron chi connectivity index (χ1n) is 5.73. The highest BCUT2D eigenvalue weighted by molar-refractivity contribution is 5.86. The Labute approximate surface area is 94.8 Å². The molecule has 3 N–H and O–H groups in total. The molecule has 5 nitrogen and oxygen atoms in total. The zero-order valence-corrected chi connectivity index (χ0v) is 9.48. The van der Waals surface area contributed by atoms with Crippen LogP contribution in [0, 0.1) is 5.92 Å². The molecule has 1 saturated carbocycles. The highest BCUT2D eigenvalue weighted by atomic mass is 16.4. The van der Waals surface area contributed by atoms with Crippen molar-refractivity contribution in [1.29, 1.82) is 0 Å². The van der Waals surface area contributed by atoms with Gasteiger partial charge in [0.15, 0.2) is 0 Å². The van der Waals surface area contributed by atoms with E-state index in [9.17, 15) is 14.7 Å². The van der Waals surface area contributed by atoms with Gasteiger partial charge in [-0.2, -0.15) is 0 Å². The Hall–Kier alpha value is -1.10. The molecule has 0 aliphatic heterocycles. The van der Waals surface area contributed by atoms with Crippen molar-refractivity contribution in [3.8, 4) is 0 Å². The van der Waals surface area contributed by atoms with Crippen LogP contribution in [0.2, 0.25) is 0 Å². The molecular weight excluding hydrogens is 210 g/mol. The van der Waals surface area contributed by atoms with Crippen molar-refractivity contribution in [2.24, 2.45) is 5.92 Å². The molecule has 0 bridgehead atoms. The summed E-state index contributed by atoms with van der Waals surface area (Å²) < 4.78 is 0. The summed E-state index contributed by atoms with van der Waals surface area (Å²) in [5, 5.41) is 20.7. The van der Waals surface area contributed by atoms with E-state index < -0.39 is 24.0 Å². The van der Waals surface area contributed by atoms with E-state index >= 15 is 0 Å². The second-order valence-electron chi connectivity index (χ2n) is 4.41. The van der Waals surface area contributed by atoms with Crippen molar-refractivity contribution in [3.63, 3.8) is 0 Å². The van der Waals surface area contributed by atoms with Crippen molar-refractivity contribution in [3.05, 3.63) is 0 Å². The fourth-order valence-electron chi connectivity index (χ4n) is 2.02. The zero-order valence-electron chi connectivity index (χ0n) is 9.48. The quantitative estimate of drug-likeness (QED) is 0.655. The monoisotopic (exact) mass is 229 g/mol. The van der Waals surface area contributed by atoms with E-state index in [1.165, 1.54) is 6.92 Å². The molecule has 0 aromatic rings. The van der Waals surface area contributed by atoms with Gasteiger partial charge in [0.1, 0.15) is 12.1 Å². The molecule has 0 saturated heterocycles. The highest BCUT2D eigenvalue weighted by Gasteiger charge is 2.28. The number of aliphatic carboxylic acids is 1. The lowest BCUT2D eigenvalue weighted by atomic mass is 9.85. The number of amides is 1. The first-order valence-corrected chi connectivity index (χ1v) is 5.73. The number of hydrogen-bond acceptors (Lipinski definition) is 3. The lowest BCUT2D eigenvalue weighted by Gasteiger charge is -2.26. The van der Waals surface area contributed by atoms with Crippen LogP contribution >= 0.6 is 0 Å². The number of carbonyl (C=O) groups is 2. The lowest BCUT2D eigenvalue weighted by molar-refractivity contribution is -0.143. The second-order valence-corrected chi connectivity index (χ2v) is 4.41. The molecule has 2 atom stereocenters. The van der Waals surface area contributed by atoms with Gasteiger partial charge in [0, 0.05) is 0 Å². The van der Waals surface area contributed by atoms with Crippen LogP contribution in [0.3, 0.4) is 0 Å². The van der Waals surface area contributed by atoms with E-state index in [1.807, 2.05) is 0 Å². The van der Waals surface area contributed by atoms with E-state index in [0.29, 0.717) is 0 Å². The largest absolute Gasteiger partial charge is 0.480 e. The molecule has 1 aliphatic rings. The fourth-order valence-corrected chi connectivity index (χ4v) is 2.02. The molecule has 0 aromatic heterocycles. The fraction of sp³-hybridized carbons (Fsp3) is 0.818. The van der Waals surface area contributed by atoms with Gasteiger partial charge in [-0.1, -0.05) is 19.3 Å². The minimum absolute atomic E-state index is 0.0188. The maximum atomic E-state index is 11.5. The van der Waals surface area contributed by atoms with Gasteiger partial charge >= 0.3 is 5.97 Å². The number of carboxylic acid groups (broad SMARTS) is 1. The van der Waals surface area contributed by atoms with Gasteiger partial charge in [-0.15, -0.1) is 0 Å². The first-order chi connectivity index (χ1) is 7.52. The van der Waals surface area contributed by atoms with Crippen molar-refractivity contribution in [1.82, 2.24) is 5.32 Å². The molecule has 92 valence electrons. The molecule has 1 amide bonds. The number of carbonyl (C=O) groups excluding carboxylic acids is 1. The van der Waals surface area contributed by atoms with Crippen LogP contribution < -0.4 is 5.32 Å². The standard InChI is InChI=1S/C11H19NO4/c1-7(11(15)16)12-10(14)9(13)8-5-3-2-4-6-8/h7-9,13H,2-6H2,1H3,(H,12,14)(H,15,16)/t7-,9?/m0/s1. The zero-order chi connectivity index (χ0) is 12.1. The molecular formula is C11H19NO4. The van der Waals surface area contributed by atoms with Gasteiger partial charge in [0.25, 0.3) is 0 Å². The molecule has 0 radical (unpaired) electrons. The van der Waals surface area contributed by atoms with E-state index in [0.717, 1.165) is 32.1 Å². The van der Waals surface area contributed by atoms with Crippen molar-refractivity contribution in [2.45, 2.75) is 51.2 Å². The Morgan fingerprint density at radius 3 is 2.31 bits per heavy atom. The second kappa shape index (κ2) is 5.84. The van der Waals surface area contributed by atoms with Gasteiger partial charge in [0.2, 0.25) is 5.91 Å². The van der Waals surface area contributed by atoms with Crippen LogP contribution in [0.1, 0.15) is 39.0 Å². The minimum Gasteiger partial charge on any atom is -0.480 e. The summed E-state index contributed by atoms with van der Waals surface area (Å²) in [4.78, 5) is 22.1. The van der Waals surface area contributed by atoms with Gasteiger partial charge in [-0.25, -0.2) is 0 Å². The Morgan fingerprint density at radius 2 is 1.81 bits per heavy atom. The molecule has 0 aromatic carbocycles. The van der Waals surface area contributed by atoms with E-state index in [4.69, 9.17) is 5.11 Å². The number of aliphatic hydroxyl groups excluding tert-OH is 1. The number of rotatable bonds is 4. The summed E-state index contributed by atoms with van der Waals surface area (Å²) in [5.74, 6) is -1.68. The third-order valence-electron chi connectivity index (χ3n) is 3.09. The number of carboxylic acids is 1. The van der Waals surface area contributed by atoms with E-state index in [1.54, 1.807) is 0 Å². The average molecular weight is 229 g/mol. The Bertz CT molecular complexity index is 261. The number of hydrogen-bond donors (Lipinski definition) is 3. The molecule has 5 heteroatoms. The normalized spacial score (nSPS) is 21.1. The van der Waals surface area contributed by atoms with E-state index in [2.05, 4.69) is 5.32 Å². The summed E-state index contributed by atoms with van der Waals surface area (Å²) in [6.07, 6.45) is 3.83. The molecule has 1 fully saturated rings. The predicted molar refractivity (Wildman–Crippen MR) is 57.8 cm³/mol. The van der Waals surface area contributed by atoms with Crippen molar-refractivity contribution in [2.75, 3.05) is 0 Å². The highest BCUT2D eigenvalue weighted by Crippen LogP contribution is 2.26. The van der Waals surface area contributed by atoms with Crippen molar-refractivity contribution >= 4 is 11.9 Å². The third-order valence-corrected chi connectivity index (χ3v) is 3.09. The van der Waals surface area contributed by atoms with Crippen LogP contribution in [-0.4, -0.2) is 34.2 Å². The number of nitrogens with one attached hydrogen (secondary N) is 1. The maximum absolute atomic E-state index is 11.5. The molecule has 16 heavy (non-hydrogen) atoms. The summed E-state index contributed by atoms with van der Waals surface area (Å²) >= 11 is 0. The van der Waals surface area contributed by atoms with Crippen LogP contribution in [0.5, 0.6) is 0 Å². The van der Waals surface area contributed by atoms with Crippen LogP contribution in [0.15, 0.2) is 0 Å². The number of aliphatic hydroxyl groups is 1. The average Bonchev–Trinajstić information content (AvgIpc) is 2.28. The molecule has 0 spiro atoms. The predicted octanol–water partition coefficient (Wildman–Crippen LogP) is 0.517. The summed E-state index contributed by atoms with van der Waals surface area (Å²) in [7, 11) is 0. The molecule has 1 aliphatic carbocycles. The molecule has 1 unspecified atom stereocenters. The topological polar surface area (TPSA) is 86.6 Å². The van der Waals surface area contributed by atoms with Gasteiger partial charge in [0.05, 0.1) is 0 Å².